The molecule has 218 valence electrons. The van der Waals surface area contributed by atoms with Gasteiger partial charge in [-0.2, -0.15) is 0 Å². The Morgan fingerprint density at radius 3 is 2.41 bits per heavy atom. The van der Waals surface area contributed by atoms with Crippen molar-refractivity contribution in [2.75, 3.05) is 6.61 Å². The molecule has 6 aliphatic rings. The largest absolute Gasteiger partial charge is 0.458 e. The summed E-state index contributed by atoms with van der Waals surface area (Å²) in [5.74, 6) is -0.616. The fourth-order valence-electron chi connectivity index (χ4n) is 9.75. The number of fused-ring (bicyclic) bond motifs is 5. The van der Waals surface area contributed by atoms with Crippen molar-refractivity contribution in [2.24, 2.45) is 28.6 Å². The number of aliphatic hydroxyl groups excluding tert-OH is 3. The lowest BCUT2D eigenvalue weighted by Crippen LogP contribution is -2.69. The third-order valence-electron chi connectivity index (χ3n) is 12.0. The molecule has 0 aromatic carbocycles. The Hall–Kier alpha value is -1.40. The van der Waals surface area contributed by atoms with Crippen LogP contribution in [0.2, 0.25) is 0 Å². The lowest BCUT2D eigenvalue weighted by Gasteiger charge is -2.65. The highest BCUT2D eigenvalue weighted by molar-refractivity contribution is 5.85. The number of hydrogen-bond donors (Lipinski definition) is 5. The molecule has 10 nitrogen and oxygen atoms in total. The van der Waals surface area contributed by atoms with E-state index in [1.165, 1.54) is 0 Å². The summed E-state index contributed by atoms with van der Waals surface area (Å²) < 4.78 is 16.9. The third-order valence-corrected chi connectivity index (χ3v) is 12.0. The first kappa shape index (κ1) is 27.8. The second kappa shape index (κ2) is 9.31. The average Bonchev–Trinajstić information content (AvgIpc) is 3.45. The van der Waals surface area contributed by atoms with E-state index >= 15 is 0 Å². The first-order valence-corrected chi connectivity index (χ1v) is 14.5. The van der Waals surface area contributed by atoms with Crippen molar-refractivity contribution in [3.05, 3.63) is 11.6 Å². The van der Waals surface area contributed by atoms with E-state index in [0.717, 1.165) is 18.3 Å². The summed E-state index contributed by atoms with van der Waals surface area (Å²) in [5, 5.41) is 55.0. The van der Waals surface area contributed by atoms with Crippen LogP contribution in [-0.4, -0.2) is 92.4 Å². The molecule has 0 spiro atoms. The van der Waals surface area contributed by atoms with Crippen molar-refractivity contribution in [1.29, 1.82) is 0 Å². The van der Waals surface area contributed by atoms with E-state index in [-0.39, 0.29) is 36.8 Å². The topological polar surface area (TPSA) is 163 Å². The molecule has 13 atom stereocenters. The summed E-state index contributed by atoms with van der Waals surface area (Å²) in [7, 11) is 0. The number of carbonyl (C=O) groups is 2. The predicted octanol–water partition coefficient (Wildman–Crippen LogP) is 0.750. The van der Waals surface area contributed by atoms with Gasteiger partial charge in [-0.1, -0.05) is 6.92 Å². The molecule has 2 heterocycles. The van der Waals surface area contributed by atoms with Gasteiger partial charge < -0.3 is 44.5 Å². The minimum atomic E-state index is -1.43. The predicted molar refractivity (Wildman–Crippen MR) is 135 cm³/mol. The smallest absolute Gasteiger partial charge is 0.331 e. The number of aldehydes is 1. The SMILES string of the molecule is C[C@H]1O[C@@H](O[C@H]2CCC3(C=O)C4CC[C@]5(C)C(C6=CC(=O)OC6)CCC5(O)C4CC[C@]3(O)C2)[C@H](O)[C@H](O)[C@H]1O. The molecular formula is C29H42O10. The Morgan fingerprint density at radius 1 is 0.974 bits per heavy atom. The zero-order valence-electron chi connectivity index (χ0n) is 22.7. The summed E-state index contributed by atoms with van der Waals surface area (Å²) in [6.45, 7) is 3.98. The zero-order chi connectivity index (χ0) is 28.0. The monoisotopic (exact) mass is 550 g/mol. The minimum Gasteiger partial charge on any atom is -0.458 e. The van der Waals surface area contributed by atoms with Crippen molar-refractivity contribution in [1.82, 2.24) is 0 Å². The van der Waals surface area contributed by atoms with Gasteiger partial charge in [-0.25, -0.2) is 4.79 Å². The number of aliphatic hydroxyl groups is 5. The van der Waals surface area contributed by atoms with Crippen LogP contribution in [0.4, 0.5) is 0 Å². The van der Waals surface area contributed by atoms with Crippen LogP contribution in [0.5, 0.6) is 0 Å². The molecule has 5 N–H and O–H groups in total. The normalized spacial score (nSPS) is 55.2. The van der Waals surface area contributed by atoms with E-state index in [4.69, 9.17) is 14.2 Å². The Balaban J connectivity index is 1.22. The second-order valence-corrected chi connectivity index (χ2v) is 13.4. The van der Waals surface area contributed by atoms with Crippen molar-refractivity contribution in [3.63, 3.8) is 0 Å². The fraction of sp³-hybridized carbons (Fsp3) is 0.862. The summed E-state index contributed by atoms with van der Waals surface area (Å²) in [6.07, 6.45) is 0.689. The number of cyclic esters (lactones) is 1. The Labute approximate surface area is 228 Å². The number of ether oxygens (including phenoxy) is 3. The van der Waals surface area contributed by atoms with E-state index in [0.29, 0.717) is 44.9 Å². The third kappa shape index (κ3) is 3.78. The summed E-state index contributed by atoms with van der Waals surface area (Å²) in [6, 6.07) is 0. The zero-order valence-corrected chi connectivity index (χ0v) is 22.7. The van der Waals surface area contributed by atoms with Crippen LogP contribution in [0.25, 0.3) is 0 Å². The van der Waals surface area contributed by atoms with Gasteiger partial charge in [0, 0.05) is 17.9 Å². The number of rotatable bonds is 4. The molecule has 10 heteroatoms. The Bertz CT molecular complexity index is 1050. The Kier molecular flexibility index (Phi) is 6.62. The van der Waals surface area contributed by atoms with Crippen molar-refractivity contribution >= 4 is 12.3 Å². The molecule has 0 radical (unpaired) electrons. The van der Waals surface area contributed by atoms with Crippen LogP contribution < -0.4 is 0 Å². The molecule has 4 aliphatic carbocycles. The quantitative estimate of drug-likeness (QED) is 0.192. The highest BCUT2D eigenvalue weighted by Crippen LogP contribution is 2.70. The molecule has 39 heavy (non-hydrogen) atoms. The highest BCUT2D eigenvalue weighted by Gasteiger charge is 2.71. The highest BCUT2D eigenvalue weighted by atomic mass is 16.7. The Morgan fingerprint density at radius 2 is 1.72 bits per heavy atom. The maximum Gasteiger partial charge on any atom is 0.331 e. The van der Waals surface area contributed by atoms with E-state index in [1.807, 2.05) is 0 Å². The van der Waals surface area contributed by atoms with Crippen LogP contribution in [0.1, 0.15) is 71.6 Å². The van der Waals surface area contributed by atoms with Crippen molar-refractivity contribution < 1.29 is 49.3 Å². The number of hydrogen-bond acceptors (Lipinski definition) is 10. The molecule has 2 aliphatic heterocycles. The van der Waals surface area contributed by atoms with Gasteiger partial charge in [0.25, 0.3) is 0 Å². The fourth-order valence-corrected chi connectivity index (χ4v) is 9.75. The maximum absolute atomic E-state index is 13.0. The lowest BCUT2D eigenvalue weighted by molar-refractivity contribution is -0.317. The molecular weight excluding hydrogens is 508 g/mol. The van der Waals surface area contributed by atoms with Crippen molar-refractivity contribution in [2.45, 2.75) is 120 Å². The summed E-state index contributed by atoms with van der Waals surface area (Å²) >= 11 is 0. The molecule has 4 saturated carbocycles. The average molecular weight is 551 g/mol. The van der Waals surface area contributed by atoms with Gasteiger partial charge in [0.15, 0.2) is 6.29 Å². The van der Waals surface area contributed by atoms with E-state index < -0.39 is 58.8 Å². The number of esters is 1. The van der Waals surface area contributed by atoms with Gasteiger partial charge in [-0.05, 0) is 81.6 Å². The van der Waals surface area contributed by atoms with Crippen molar-refractivity contribution in [3.8, 4) is 0 Å². The van der Waals surface area contributed by atoms with Crippen LogP contribution in [-0.2, 0) is 23.8 Å². The van der Waals surface area contributed by atoms with Gasteiger partial charge >= 0.3 is 5.97 Å². The molecule has 5 unspecified atom stereocenters. The maximum atomic E-state index is 13.0. The molecule has 0 aromatic rings. The molecule has 6 rings (SSSR count). The standard InChI is InChI=1S/C29H42O10/c1-15-22(32)23(33)24(34)25(38-15)39-17-3-8-27(14-30)19-4-7-26(2)18(16-11-21(31)37-13-16)6-10-29(26,36)20(19)5-9-28(27,35)12-17/h11,14-15,17-20,22-25,32-36H,3-10,12-13H2,1-2H3/t15-,17+,18?,19?,20?,22+,23-,24-,25+,26-,27?,28+,29?/m1/s1. The molecule has 5 fully saturated rings. The van der Waals surface area contributed by atoms with Crippen LogP contribution in [0.15, 0.2) is 11.6 Å². The van der Waals surface area contributed by atoms with Crippen LogP contribution in [0, 0.1) is 28.6 Å². The lowest BCUT2D eigenvalue weighted by atomic mass is 9.41. The van der Waals surface area contributed by atoms with E-state index in [9.17, 15) is 35.1 Å². The summed E-state index contributed by atoms with van der Waals surface area (Å²) in [4.78, 5) is 24.8. The summed E-state index contributed by atoms with van der Waals surface area (Å²) in [5.41, 5.74) is -2.86. The van der Waals surface area contributed by atoms with Crippen LogP contribution in [0.3, 0.4) is 0 Å². The second-order valence-electron chi connectivity index (χ2n) is 13.4. The first-order chi connectivity index (χ1) is 18.4. The molecule has 0 bridgehead atoms. The minimum absolute atomic E-state index is 0.0465. The number of carbonyl (C=O) groups excluding carboxylic acids is 2. The van der Waals surface area contributed by atoms with Gasteiger partial charge in [0.2, 0.25) is 0 Å². The first-order valence-electron chi connectivity index (χ1n) is 14.5. The van der Waals surface area contributed by atoms with Gasteiger partial charge in [0.1, 0.15) is 31.2 Å². The van der Waals surface area contributed by atoms with Gasteiger partial charge in [-0.15, -0.1) is 0 Å². The van der Waals surface area contributed by atoms with E-state index in [1.54, 1.807) is 13.0 Å². The van der Waals surface area contributed by atoms with Crippen LogP contribution >= 0.6 is 0 Å². The molecule has 0 amide bonds. The van der Waals surface area contributed by atoms with Gasteiger partial charge in [0.05, 0.1) is 28.8 Å². The molecule has 0 aromatic heterocycles. The van der Waals surface area contributed by atoms with E-state index in [2.05, 4.69) is 6.92 Å². The molecule has 1 saturated heterocycles. The van der Waals surface area contributed by atoms with Gasteiger partial charge in [-0.3, -0.25) is 0 Å².